The number of esters is 1. The number of anilines is 2. The summed E-state index contributed by atoms with van der Waals surface area (Å²) in [6, 6.07) is 31.8. The third kappa shape index (κ3) is 5.62. The fourth-order valence-electron chi connectivity index (χ4n) is 5.09. The molecule has 0 radical (unpaired) electrons. The van der Waals surface area contributed by atoms with Gasteiger partial charge in [-0.15, -0.1) is 0 Å². The molecule has 1 aliphatic heterocycles. The summed E-state index contributed by atoms with van der Waals surface area (Å²) in [4.78, 5) is 21.2. The van der Waals surface area contributed by atoms with Crippen molar-refractivity contribution in [1.29, 1.82) is 0 Å². The highest BCUT2D eigenvalue weighted by atomic mass is 16.5. The summed E-state index contributed by atoms with van der Waals surface area (Å²) in [6.07, 6.45) is 2.33. The van der Waals surface area contributed by atoms with Crippen LogP contribution in [0, 0.1) is 0 Å². The lowest BCUT2D eigenvalue weighted by Crippen LogP contribution is -2.32. The molecule has 0 saturated carbocycles. The van der Waals surface area contributed by atoms with Gasteiger partial charge in [0.15, 0.2) is 5.82 Å². The van der Waals surface area contributed by atoms with Gasteiger partial charge in [0.05, 0.1) is 23.9 Å². The van der Waals surface area contributed by atoms with Crippen molar-refractivity contribution in [3.8, 4) is 28.3 Å². The Morgan fingerprint density at radius 2 is 1.57 bits per heavy atom. The number of cyclic esters (lactones) is 1. The minimum absolute atomic E-state index is 0.0476. The lowest BCUT2D eigenvalue weighted by atomic mass is 9.94. The van der Waals surface area contributed by atoms with Crippen molar-refractivity contribution >= 4 is 17.6 Å². The van der Waals surface area contributed by atoms with E-state index in [0.29, 0.717) is 31.0 Å². The number of benzene rings is 3. The van der Waals surface area contributed by atoms with Gasteiger partial charge in [-0.05, 0) is 25.0 Å². The van der Waals surface area contributed by atoms with Gasteiger partial charge < -0.3 is 15.2 Å². The molecule has 3 aromatic carbocycles. The number of aliphatic hydroxyl groups is 1. The molecule has 3 heterocycles. The zero-order valence-corrected chi connectivity index (χ0v) is 21.9. The van der Waals surface area contributed by atoms with Gasteiger partial charge in [-0.3, -0.25) is 4.79 Å². The maximum atomic E-state index is 12.0. The molecular weight excluding hydrogens is 502 g/mol. The average Bonchev–Trinajstić information content (AvgIpc) is 3.37. The Bertz CT molecular complexity index is 1590. The van der Waals surface area contributed by atoms with Crippen LogP contribution in [0.2, 0.25) is 0 Å². The SMILES string of the molecule is O=C1C[C@H](O)C[C@H](CCc2c(-c3ccccc3)nn(-c3ccnc(Nc4ccccc4)n3)c2-c2ccccc2)O1. The van der Waals surface area contributed by atoms with E-state index in [2.05, 4.69) is 22.4 Å². The molecular formula is C32H29N5O3. The molecule has 5 aromatic rings. The summed E-state index contributed by atoms with van der Waals surface area (Å²) in [5.41, 5.74) is 5.61. The van der Waals surface area contributed by atoms with Crippen molar-refractivity contribution in [2.45, 2.75) is 37.9 Å². The fraction of sp³-hybridized carbons (Fsp3) is 0.188. The Balaban J connectivity index is 1.45. The summed E-state index contributed by atoms with van der Waals surface area (Å²) in [6.45, 7) is 0. The first kappa shape index (κ1) is 25.5. The topological polar surface area (TPSA) is 102 Å². The molecule has 0 unspecified atom stereocenters. The van der Waals surface area contributed by atoms with E-state index >= 15 is 0 Å². The molecule has 0 spiro atoms. The lowest BCUT2D eigenvalue weighted by Gasteiger charge is -2.26. The molecule has 40 heavy (non-hydrogen) atoms. The van der Waals surface area contributed by atoms with E-state index in [0.717, 1.165) is 33.8 Å². The van der Waals surface area contributed by atoms with Crippen LogP contribution in [0.5, 0.6) is 0 Å². The highest BCUT2D eigenvalue weighted by Crippen LogP contribution is 2.36. The second kappa shape index (κ2) is 11.5. The van der Waals surface area contributed by atoms with E-state index in [4.69, 9.17) is 14.8 Å². The van der Waals surface area contributed by atoms with Gasteiger partial charge in [0.2, 0.25) is 5.95 Å². The molecule has 2 atom stereocenters. The van der Waals surface area contributed by atoms with Crippen molar-refractivity contribution in [3.63, 3.8) is 0 Å². The van der Waals surface area contributed by atoms with Crippen LogP contribution in [0.15, 0.2) is 103 Å². The van der Waals surface area contributed by atoms with Gasteiger partial charge in [0, 0.05) is 41.1 Å². The minimum atomic E-state index is -0.673. The molecule has 8 heteroatoms. The summed E-state index contributed by atoms with van der Waals surface area (Å²) in [7, 11) is 0. The van der Waals surface area contributed by atoms with Crippen LogP contribution in [0.3, 0.4) is 0 Å². The van der Waals surface area contributed by atoms with E-state index in [1.165, 1.54) is 0 Å². The lowest BCUT2D eigenvalue weighted by molar-refractivity contribution is -0.160. The summed E-state index contributed by atoms with van der Waals surface area (Å²) in [5, 5.41) is 18.5. The molecule has 1 saturated heterocycles. The van der Waals surface area contributed by atoms with Crippen LogP contribution >= 0.6 is 0 Å². The molecule has 0 aliphatic carbocycles. The number of nitrogens with one attached hydrogen (secondary N) is 1. The van der Waals surface area contributed by atoms with Gasteiger partial charge in [0.25, 0.3) is 0 Å². The van der Waals surface area contributed by atoms with E-state index < -0.39 is 6.10 Å². The Hall–Kier alpha value is -4.82. The van der Waals surface area contributed by atoms with E-state index in [-0.39, 0.29) is 18.5 Å². The minimum Gasteiger partial charge on any atom is -0.462 e. The largest absolute Gasteiger partial charge is 0.462 e. The van der Waals surface area contributed by atoms with Gasteiger partial charge in [-0.25, -0.2) is 9.67 Å². The van der Waals surface area contributed by atoms with Gasteiger partial charge >= 0.3 is 5.97 Å². The van der Waals surface area contributed by atoms with Crippen molar-refractivity contribution in [3.05, 3.63) is 109 Å². The number of hydrogen-bond acceptors (Lipinski definition) is 7. The van der Waals surface area contributed by atoms with Crippen LogP contribution in [-0.2, 0) is 16.0 Å². The Labute approximate surface area is 232 Å². The first-order valence-electron chi connectivity index (χ1n) is 13.4. The smallest absolute Gasteiger partial charge is 0.308 e. The second-order valence-electron chi connectivity index (χ2n) is 9.79. The summed E-state index contributed by atoms with van der Waals surface area (Å²) >= 11 is 0. The molecule has 6 rings (SSSR count). The normalized spacial score (nSPS) is 16.9. The molecule has 1 aliphatic rings. The second-order valence-corrected chi connectivity index (χ2v) is 9.79. The van der Waals surface area contributed by atoms with Crippen LogP contribution in [0.4, 0.5) is 11.6 Å². The van der Waals surface area contributed by atoms with Gasteiger partial charge in [0.1, 0.15) is 6.10 Å². The third-order valence-corrected chi connectivity index (χ3v) is 6.92. The number of hydrogen-bond donors (Lipinski definition) is 2. The fourth-order valence-corrected chi connectivity index (χ4v) is 5.09. The number of carbonyl (C=O) groups is 1. The van der Waals surface area contributed by atoms with Gasteiger partial charge in [-0.1, -0.05) is 78.9 Å². The Morgan fingerprint density at radius 3 is 2.27 bits per heavy atom. The number of nitrogens with zero attached hydrogens (tertiary/aromatic N) is 4. The van der Waals surface area contributed by atoms with Crippen molar-refractivity contribution < 1.29 is 14.6 Å². The first-order valence-corrected chi connectivity index (χ1v) is 13.4. The van der Waals surface area contributed by atoms with Crippen molar-refractivity contribution in [1.82, 2.24) is 19.7 Å². The van der Waals surface area contributed by atoms with E-state index in [1.54, 1.807) is 6.20 Å². The Kier molecular flexibility index (Phi) is 7.32. The Morgan fingerprint density at radius 1 is 0.900 bits per heavy atom. The van der Waals surface area contributed by atoms with E-state index in [9.17, 15) is 9.90 Å². The molecule has 1 fully saturated rings. The van der Waals surface area contributed by atoms with Crippen molar-refractivity contribution in [2.24, 2.45) is 0 Å². The summed E-state index contributed by atoms with van der Waals surface area (Å²) < 4.78 is 7.45. The first-order chi connectivity index (χ1) is 19.6. The van der Waals surface area contributed by atoms with Crippen LogP contribution < -0.4 is 5.32 Å². The quantitative estimate of drug-likeness (QED) is 0.246. The number of para-hydroxylation sites is 1. The molecule has 2 N–H and O–H groups in total. The highest BCUT2D eigenvalue weighted by Gasteiger charge is 2.29. The number of carbonyl (C=O) groups excluding carboxylic acids is 1. The molecule has 2 aromatic heterocycles. The zero-order chi connectivity index (χ0) is 27.3. The monoisotopic (exact) mass is 531 g/mol. The predicted octanol–water partition coefficient (Wildman–Crippen LogP) is 5.74. The number of rotatable bonds is 8. The van der Waals surface area contributed by atoms with Gasteiger partial charge in [-0.2, -0.15) is 10.1 Å². The van der Waals surface area contributed by atoms with Crippen LogP contribution in [0.1, 0.15) is 24.8 Å². The third-order valence-electron chi connectivity index (χ3n) is 6.92. The number of ether oxygens (including phenoxy) is 1. The molecule has 200 valence electrons. The molecule has 0 amide bonds. The number of aromatic nitrogens is 4. The van der Waals surface area contributed by atoms with Crippen LogP contribution in [-0.4, -0.2) is 43.0 Å². The average molecular weight is 532 g/mol. The predicted molar refractivity (Wildman–Crippen MR) is 153 cm³/mol. The highest BCUT2D eigenvalue weighted by molar-refractivity contribution is 5.76. The zero-order valence-electron chi connectivity index (χ0n) is 21.9. The number of aliphatic hydroxyl groups excluding tert-OH is 1. The maximum Gasteiger partial charge on any atom is 0.308 e. The van der Waals surface area contributed by atoms with Crippen molar-refractivity contribution in [2.75, 3.05) is 5.32 Å². The van der Waals surface area contributed by atoms with E-state index in [1.807, 2.05) is 89.6 Å². The molecule has 0 bridgehead atoms. The molecule has 8 nitrogen and oxygen atoms in total. The maximum absolute atomic E-state index is 12.0. The summed E-state index contributed by atoms with van der Waals surface area (Å²) in [5.74, 6) is 0.727. The standard InChI is InChI=1S/C32H29N5O3/c38-25-20-26(40-29(39)21-25)16-17-27-30(22-10-4-1-5-11-22)36-37(31(27)23-12-6-2-7-13-23)28-18-19-33-32(35-28)34-24-14-8-3-9-15-24/h1-15,18-19,25-26,38H,16-17,20-21H2,(H,33,34,35)/t25-,26+/m1/s1. The van der Waals surface area contributed by atoms with Crippen LogP contribution in [0.25, 0.3) is 28.3 Å².